The number of rotatable bonds is 5. The summed E-state index contributed by atoms with van der Waals surface area (Å²) in [5.41, 5.74) is 2.09. The minimum absolute atomic E-state index is 0.189. The molecule has 6 nitrogen and oxygen atoms in total. The molecule has 1 amide bonds. The van der Waals surface area contributed by atoms with E-state index in [4.69, 9.17) is 0 Å². The van der Waals surface area contributed by atoms with Crippen molar-refractivity contribution in [2.24, 2.45) is 5.92 Å². The number of nitrogens with zero attached hydrogens (tertiary/aromatic N) is 3. The number of carbonyl (C=O) groups is 2. The first-order chi connectivity index (χ1) is 11.4. The van der Waals surface area contributed by atoms with Crippen molar-refractivity contribution >= 4 is 17.5 Å². The van der Waals surface area contributed by atoms with E-state index in [1.54, 1.807) is 30.3 Å². The molecule has 2 rings (SSSR count). The summed E-state index contributed by atoms with van der Waals surface area (Å²) in [5.74, 6) is -2.27. The lowest BCUT2D eigenvalue weighted by molar-refractivity contribution is -0.117. The van der Waals surface area contributed by atoms with Crippen LogP contribution in [0.15, 0.2) is 30.5 Å². The van der Waals surface area contributed by atoms with Gasteiger partial charge in [-0.3, -0.25) is 9.59 Å². The molecule has 2 heterocycles. The smallest absolute Gasteiger partial charge is 0.250 e. The van der Waals surface area contributed by atoms with Gasteiger partial charge >= 0.3 is 0 Å². The Bertz CT molecular complexity index is 800. The van der Waals surface area contributed by atoms with Crippen LogP contribution in [0.5, 0.6) is 0 Å². The number of nitrogens with one attached hydrogen (secondary N) is 1. The van der Waals surface area contributed by atoms with Crippen molar-refractivity contribution in [3.63, 3.8) is 0 Å². The molecule has 2 aromatic heterocycles. The average molecular weight is 324 g/mol. The molecule has 1 atom stereocenters. The maximum atomic E-state index is 12.7. The molecule has 0 aliphatic rings. The summed E-state index contributed by atoms with van der Waals surface area (Å²) in [6, 6.07) is 8.75. The highest BCUT2D eigenvalue weighted by Crippen LogP contribution is 2.23. The molecule has 6 heteroatoms. The van der Waals surface area contributed by atoms with Gasteiger partial charge < -0.3 is 9.88 Å². The van der Waals surface area contributed by atoms with Crippen LogP contribution in [0.25, 0.3) is 0 Å². The van der Waals surface area contributed by atoms with Crippen LogP contribution >= 0.6 is 0 Å². The summed E-state index contributed by atoms with van der Waals surface area (Å²) in [4.78, 5) is 29.0. The van der Waals surface area contributed by atoms with E-state index in [1.165, 1.54) is 6.20 Å². The normalized spacial score (nSPS) is 11.8. The number of anilines is 1. The Labute approximate surface area is 141 Å². The first kappa shape index (κ1) is 17.4. The van der Waals surface area contributed by atoms with E-state index in [9.17, 15) is 14.9 Å². The molecule has 0 fully saturated rings. The van der Waals surface area contributed by atoms with Crippen LogP contribution in [0.1, 0.15) is 41.6 Å². The van der Waals surface area contributed by atoms with Crippen molar-refractivity contribution in [2.75, 3.05) is 5.32 Å². The third kappa shape index (κ3) is 3.35. The molecule has 1 unspecified atom stereocenters. The van der Waals surface area contributed by atoms with Crippen molar-refractivity contribution < 1.29 is 9.59 Å². The highest BCUT2D eigenvalue weighted by atomic mass is 16.2. The first-order valence-electron chi connectivity index (χ1n) is 7.71. The van der Waals surface area contributed by atoms with Crippen LogP contribution in [-0.2, 0) is 4.79 Å². The summed E-state index contributed by atoms with van der Waals surface area (Å²) >= 11 is 0. The van der Waals surface area contributed by atoms with Gasteiger partial charge in [-0.2, -0.15) is 5.26 Å². The van der Waals surface area contributed by atoms with Gasteiger partial charge in [-0.05, 0) is 45.9 Å². The second-order valence-electron chi connectivity index (χ2n) is 5.88. The minimum atomic E-state index is -1.41. The van der Waals surface area contributed by atoms with Gasteiger partial charge in [-0.25, -0.2) is 4.98 Å². The molecule has 2 aromatic rings. The van der Waals surface area contributed by atoms with Crippen molar-refractivity contribution in [1.29, 1.82) is 5.26 Å². The summed E-state index contributed by atoms with van der Waals surface area (Å²) in [5, 5.41) is 11.8. The summed E-state index contributed by atoms with van der Waals surface area (Å²) in [7, 11) is 0. The Morgan fingerprint density at radius 3 is 2.50 bits per heavy atom. The van der Waals surface area contributed by atoms with Gasteiger partial charge in [-0.1, -0.05) is 6.07 Å². The molecule has 124 valence electrons. The molecule has 24 heavy (non-hydrogen) atoms. The molecule has 0 aromatic carbocycles. The van der Waals surface area contributed by atoms with Crippen LogP contribution in [0, 0.1) is 31.1 Å². The minimum Gasteiger partial charge on any atom is -0.346 e. The monoisotopic (exact) mass is 324 g/mol. The van der Waals surface area contributed by atoms with E-state index < -0.39 is 17.6 Å². The Morgan fingerprint density at radius 2 is 2.00 bits per heavy atom. The third-order valence-corrected chi connectivity index (χ3v) is 3.84. The molecule has 0 aliphatic heterocycles. The Kier molecular flexibility index (Phi) is 5.14. The van der Waals surface area contributed by atoms with Crippen LogP contribution in [-0.4, -0.2) is 21.2 Å². The lowest BCUT2D eigenvalue weighted by atomic mass is 9.98. The van der Waals surface area contributed by atoms with E-state index in [0.717, 1.165) is 11.4 Å². The Hall–Kier alpha value is -2.94. The largest absolute Gasteiger partial charge is 0.346 e. The highest BCUT2D eigenvalue weighted by molar-refractivity contribution is 6.15. The fourth-order valence-electron chi connectivity index (χ4n) is 2.85. The van der Waals surface area contributed by atoms with Crippen LogP contribution in [0.4, 0.5) is 5.82 Å². The second-order valence-corrected chi connectivity index (χ2v) is 5.88. The zero-order valence-corrected chi connectivity index (χ0v) is 14.2. The van der Waals surface area contributed by atoms with Crippen LogP contribution in [0.2, 0.25) is 0 Å². The van der Waals surface area contributed by atoms with Crippen molar-refractivity contribution in [3.8, 4) is 6.07 Å². The number of hydrogen-bond acceptors (Lipinski definition) is 4. The number of nitriles is 1. The van der Waals surface area contributed by atoms with Gasteiger partial charge in [0, 0.05) is 29.2 Å². The Balaban J connectivity index is 2.28. The molecule has 0 aliphatic carbocycles. The van der Waals surface area contributed by atoms with E-state index in [2.05, 4.69) is 10.3 Å². The molecule has 0 radical (unpaired) electrons. The SMILES string of the molecule is Cc1cc(C(=O)C(C#N)C(=O)Nc2ccccn2)c(C)n1C(C)C. The molecular weight excluding hydrogens is 304 g/mol. The molecule has 0 saturated carbocycles. The number of amides is 1. The van der Waals surface area contributed by atoms with E-state index >= 15 is 0 Å². The molecule has 0 bridgehead atoms. The van der Waals surface area contributed by atoms with E-state index in [1.807, 2.05) is 32.3 Å². The van der Waals surface area contributed by atoms with E-state index in [-0.39, 0.29) is 6.04 Å². The zero-order valence-electron chi connectivity index (χ0n) is 14.2. The number of aryl methyl sites for hydroxylation is 1. The molecule has 1 N–H and O–H groups in total. The summed E-state index contributed by atoms with van der Waals surface area (Å²) in [6.07, 6.45) is 1.52. The van der Waals surface area contributed by atoms with Crippen LogP contribution in [0.3, 0.4) is 0 Å². The maximum Gasteiger partial charge on any atom is 0.250 e. The molecule has 0 saturated heterocycles. The number of pyridine rings is 1. The fourth-order valence-corrected chi connectivity index (χ4v) is 2.85. The van der Waals surface area contributed by atoms with Gasteiger partial charge in [0.25, 0.3) is 5.91 Å². The van der Waals surface area contributed by atoms with Gasteiger partial charge in [0.1, 0.15) is 5.82 Å². The summed E-state index contributed by atoms with van der Waals surface area (Å²) in [6.45, 7) is 7.76. The van der Waals surface area contributed by atoms with Crippen molar-refractivity contribution in [3.05, 3.63) is 47.4 Å². The van der Waals surface area contributed by atoms with Gasteiger partial charge in [0.2, 0.25) is 0 Å². The molecular formula is C18H20N4O2. The predicted molar refractivity (Wildman–Crippen MR) is 90.6 cm³/mol. The standard InChI is InChI=1S/C18H20N4O2/c1-11(2)22-12(3)9-14(13(22)4)17(23)15(10-19)18(24)21-16-7-5-6-8-20-16/h5-9,11,15H,1-4H3,(H,20,21,24). The fraction of sp³-hybridized carbons (Fsp3) is 0.333. The van der Waals surface area contributed by atoms with Gasteiger partial charge in [0.05, 0.1) is 6.07 Å². The number of aromatic nitrogens is 2. The quantitative estimate of drug-likeness (QED) is 0.676. The number of hydrogen-bond donors (Lipinski definition) is 1. The molecule has 0 spiro atoms. The third-order valence-electron chi connectivity index (χ3n) is 3.84. The Morgan fingerprint density at radius 1 is 1.29 bits per heavy atom. The van der Waals surface area contributed by atoms with Crippen molar-refractivity contribution in [2.45, 2.75) is 33.7 Å². The average Bonchev–Trinajstić information content (AvgIpc) is 2.83. The van der Waals surface area contributed by atoms with E-state index in [0.29, 0.717) is 11.4 Å². The number of Topliss-reactive ketones (excluding diaryl/α,β-unsaturated/α-hetero) is 1. The lowest BCUT2D eigenvalue weighted by Gasteiger charge is -2.14. The number of ketones is 1. The first-order valence-corrected chi connectivity index (χ1v) is 7.71. The summed E-state index contributed by atoms with van der Waals surface area (Å²) < 4.78 is 2.01. The topological polar surface area (TPSA) is 87.8 Å². The predicted octanol–water partition coefficient (Wildman–Crippen LogP) is 3.04. The number of carbonyl (C=O) groups excluding carboxylic acids is 2. The van der Waals surface area contributed by atoms with Crippen molar-refractivity contribution in [1.82, 2.24) is 9.55 Å². The lowest BCUT2D eigenvalue weighted by Crippen LogP contribution is -2.29. The van der Waals surface area contributed by atoms with Crippen LogP contribution < -0.4 is 5.32 Å². The second kappa shape index (κ2) is 7.09. The van der Waals surface area contributed by atoms with Gasteiger partial charge in [-0.15, -0.1) is 0 Å². The van der Waals surface area contributed by atoms with Gasteiger partial charge in [0.15, 0.2) is 11.7 Å². The zero-order chi connectivity index (χ0) is 17.9. The maximum absolute atomic E-state index is 12.7. The highest BCUT2D eigenvalue weighted by Gasteiger charge is 2.30.